The van der Waals surface area contributed by atoms with Crippen molar-refractivity contribution in [1.82, 2.24) is 0 Å². The zero-order valence-corrected chi connectivity index (χ0v) is 14.9. The molecule has 0 aromatic heterocycles. The lowest BCUT2D eigenvalue weighted by atomic mass is 10.2. The third kappa shape index (κ3) is 4.58. The van der Waals surface area contributed by atoms with Gasteiger partial charge >= 0.3 is 0 Å². The topological polar surface area (TPSA) is 68.1 Å². The Morgan fingerprint density at radius 3 is 2.29 bits per heavy atom. The van der Waals surface area contributed by atoms with Crippen LogP contribution in [-0.2, 0) is 9.84 Å². The fourth-order valence-electron chi connectivity index (χ4n) is 1.94. The maximum Gasteiger partial charge on any atom is 0.198 e. The number of ether oxygens (including phenoxy) is 1. The molecule has 0 aliphatic heterocycles. The van der Waals surface area contributed by atoms with Gasteiger partial charge in [-0.15, -0.1) is 0 Å². The van der Waals surface area contributed by atoms with Crippen molar-refractivity contribution in [2.24, 2.45) is 9.98 Å². The van der Waals surface area contributed by atoms with Crippen molar-refractivity contribution in [2.75, 3.05) is 13.0 Å². The number of hydrogen-bond acceptors (Lipinski definition) is 5. The number of aryl methyl sites for hydroxylation is 1. The van der Waals surface area contributed by atoms with Gasteiger partial charge in [-0.3, -0.25) is 0 Å². The second-order valence-electron chi connectivity index (χ2n) is 4.97. The van der Waals surface area contributed by atoms with Crippen LogP contribution in [0, 0.1) is 6.92 Å². The molecule has 0 radical (unpaired) electrons. The first-order chi connectivity index (χ1) is 11.5. The SMILES string of the molecule is COc1ccc(/C(N=C=S)=N\CS(=O)(=O)c2ccc(C)cc2)cc1. The fraction of sp³-hybridized carbons (Fsp3) is 0.176. The zero-order valence-electron chi connectivity index (χ0n) is 13.3. The monoisotopic (exact) mass is 360 g/mol. The number of hydrogen-bond donors (Lipinski definition) is 0. The third-order valence-corrected chi connectivity index (χ3v) is 4.81. The highest BCUT2D eigenvalue weighted by atomic mass is 32.2. The molecule has 124 valence electrons. The van der Waals surface area contributed by atoms with Crippen molar-refractivity contribution < 1.29 is 13.2 Å². The molecule has 0 fully saturated rings. The number of amidine groups is 1. The Morgan fingerprint density at radius 1 is 1.12 bits per heavy atom. The molecule has 7 heteroatoms. The number of isothiocyanates is 1. The molecule has 2 aromatic carbocycles. The molecule has 0 saturated heterocycles. The minimum Gasteiger partial charge on any atom is -0.497 e. The number of sulfone groups is 1. The summed E-state index contributed by atoms with van der Waals surface area (Å²) >= 11 is 4.62. The normalized spacial score (nSPS) is 11.7. The summed E-state index contributed by atoms with van der Waals surface area (Å²) in [6.07, 6.45) is 0. The highest BCUT2D eigenvalue weighted by Crippen LogP contribution is 2.15. The van der Waals surface area contributed by atoms with E-state index < -0.39 is 15.7 Å². The molecule has 5 nitrogen and oxygen atoms in total. The van der Waals surface area contributed by atoms with E-state index in [0.29, 0.717) is 11.3 Å². The summed E-state index contributed by atoms with van der Waals surface area (Å²) in [5, 5.41) is 2.23. The number of thiocarbonyl (C=S) groups is 1. The average molecular weight is 360 g/mol. The lowest BCUT2D eigenvalue weighted by molar-refractivity contribution is 0.415. The van der Waals surface area contributed by atoms with Crippen LogP contribution in [0.15, 0.2) is 63.4 Å². The van der Waals surface area contributed by atoms with Gasteiger partial charge in [0.15, 0.2) is 15.7 Å². The highest BCUT2D eigenvalue weighted by molar-refractivity contribution is 7.91. The van der Waals surface area contributed by atoms with Gasteiger partial charge in [-0.05, 0) is 55.5 Å². The van der Waals surface area contributed by atoms with Gasteiger partial charge in [-0.25, -0.2) is 13.4 Å². The Morgan fingerprint density at radius 2 is 1.75 bits per heavy atom. The molecule has 0 atom stereocenters. The summed E-state index contributed by atoms with van der Waals surface area (Å²) in [5.74, 6) is 0.470. The van der Waals surface area contributed by atoms with Crippen molar-refractivity contribution in [3.8, 4) is 5.75 Å². The van der Waals surface area contributed by atoms with Gasteiger partial charge in [0.05, 0.1) is 17.2 Å². The van der Waals surface area contributed by atoms with Crippen LogP contribution >= 0.6 is 12.2 Å². The van der Waals surface area contributed by atoms with Gasteiger partial charge in [0, 0.05) is 5.56 Å². The van der Waals surface area contributed by atoms with Gasteiger partial charge < -0.3 is 4.74 Å². The Hall–Kier alpha value is -2.34. The van der Waals surface area contributed by atoms with Crippen molar-refractivity contribution in [3.63, 3.8) is 0 Å². The van der Waals surface area contributed by atoms with Crippen LogP contribution in [0.3, 0.4) is 0 Å². The maximum absolute atomic E-state index is 12.4. The summed E-state index contributed by atoms with van der Waals surface area (Å²) < 4.78 is 29.8. The van der Waals surface area contributed by atoms with E-state index in [1.807, 2.05) is 6.92 Å². The predicted octanol–water partition coefficient (Wildman–Crippen LogP) is 3.28. The minimum atomic E-state index is -3.55. The summed E-state index contributed by atoms with van der Waals surface area (Å²) in [6.45, 7) is 1.89. The molecular weight excluding hydrogens is 344 g/mol. The maximum atomic E-state index is 12.4. The fourth-order valence-corrected chi connectivity index (χ4v) is 3.02. The molecule has 24 heavy (non-hydrogen) atoms. The van der Waals surface area contributed by atoms with Crippen molar-refractivity contribution >= 4 is 33.1 Å². The van der Waals surface area contributed by atoms with E-state index >= 15 is 0 Å². The van der Waals surface area contributed by atoms with Crippen LogP contribution in [0.1, 0.15) is 11.1 Å². The van der Waals surface area contributed by atoms with Crippen LogP contribution < -0.4 is 4.74 Å². The Bertz CT molecular complexity index is 880. The lowest BCUT2D eigenvalue weighted by Crippen LogP contribution is -2.08. The molecule has 0 aliphatic carbocycles. The van der Waals surface area contributed by atoms with Gasteiger partial charge in [-0.2, -0.15) is 4.99 Å². The summed E-state index contributed by atoms with van der Waals surface area (Å²) in [4.78, 5) is 8.19. The van der Waals surface area contributed by atoms with E-state index in [0.717, 1.165) is 5.56 Å². The van der Waals surface area contributed by atoms with Crippen LogP contribution in [0.25, 0.3) is 0 Å². The van der Waals surface area contributed by atoms with E-state index in [9.17, 15) is 8.42 Å². The summed E-state index contributed by atoms with van der Waals surface area (Å²) in [6, 6.07) is 13.5. The largest absolute Gasteiger partial charge is 0.497 e. The quantitative estimate of drug-likeness (QED) is 0.466. The lowest BCUT2D eigenvalue weighted by Gasteiger charge is -2.05. The Balaban J connectivity index is 2.30. The van der Waals surface area contributed by atoms with Crippen molar-refractivity contribution in [3.05, 3.63) is 59.7 Å². The van der Waals surface area contributed by atoms with E-state index in [2.05, 4.69) is 27.4 Å². The summed E-state index contributed by atoms with van der Waals surface area (Å²) in [7, 11) is -1.98. The average Bonchev–Trinajstić information content (AvgIpc) is 2.59. The van der Waals surface area contributed by atoms with E-state index in [1.54, 1.807) is 55.6 Å². The molecule has 0 bridgehead atoms. The molecule has 0 spiro atoms. The van der Waals surface area contributed by atoms with Gasteiger partial charge in [0.2, 0.25) is 0 Å². The van der Waals surface area contributed by atoms with Crippen LogP contribution in [0.4, 0.5) is 0 Å². The number of rotatable bonds is 5. The molecule has 2 rings (SSSR count). The predicted molar refractivity (Wildman–Crippen MR) is 97.8 cm³/mol. The van der Waals surface area contributed by atoms with E-state index in [1.165, 1.54) is 0 Å². The number of aliphatic imine (C=N–C) groups is 2. The van der Waals surface area contributed by atoms with E-state index in [-0.39, 0.29) is 10.7 Å². The van der Waals surface area contributed by atoms with Crippen LogP contribution in [-0.4, -0.2) is 32.4 Å². The highest BCUT2D eigenvalue weighted by Gasteiger charge is 2.14. The number of nitrogens with zero attached hydrogens (tertiary/aromatic N) is 2. The third-order valence-electron chi connectivity index (χ3n) is 3.26. The number of methoxy groups -OCH3 is 1. The standard InChI is InChI=1S/C17H16N2O3S2/c1-13-3-9-16(10-4-13)24(20,21)12-19-17(18-11-23)14-5-7-15(22-2)8-6-14/h3-10H,12H2,1-2H3/b19-17+. The molecular formula is C17H16N2O3S2. The first-order valence-electron chi connectivity index (χ1n) is 7.02. The molecule has 2 aromatic rings. The van der Waals surface area contributed by atoms with Crippen LogP contribution in [0.2, 0.25) is 0 Å². The summed E-state index contributed by atoms with van der Waals surface area (Å²) in [5.41, 5.74) is 1.62. The van der Waals surface area contributed by atoms with Crippen molar-refractivity contribution in [2.45, 2.75) is 11.8 Å². The van der Waals surface area contributed by atoms with E-state index in [4.69, 9.17) is 4.74 Å². The molecule has 0 aliphatic rings. The molecule has 0 saturated carbocycles. The molecule has 0 heterocycles. The second kappa shape index (κ2) is 7.97. The molecule has 0 amide bonds. The zero-order chi connectivity index (χ0) is 17.6. The van der Waals surface area contributed by atoms with Crippen molar-refractivity contribution in [1.29, 1.82) is 0 Å². The molecule has 0 N–H and O–H groups in total. The van der Waals surface area contributed by atoms with Gasteiger partial charge in [0.25, 0.3) is 0 Å². The smallest absolute Gasteiger partial charge is 0.198 e. The molecule has 0 unspecified atom stereocenters. The van der Waals surface area contributed by atoms with Crippen LogP contribution in [0.5, 0.6) is 5.75 Å². The second-order valence-corrected chi connectivity index (χ2v) is 7.11. The first kappa shape index (κ1) is 18.0. The number of benzene rings is 2. The minimum absolute atomic E-state index is 0.211. The Kier molecular flexibility index (Phi) is 5.98. The first-order valence-corrected chi connectivity index (χ1v) is 9.08. The Labute approximate surface area is 146 Å². The van der Waals surface area contributed by atoms with Gasteiger partial charge in [-0.1, -0.05) is 17.7 Å². The van der Waals surface area contributed by atoms with Gasteiger partial charge in [0.1, 0.15) is 11.6 Å².